The van der Waals surface area contributed by atoms with E-state index in [9.17, 15) is 4.79 Å². The Balaban J connectivity index is 2.16. The molecule has 0 bridgehead atoms. The molecular weight excluding hydrogens is 294 g/mol. The fourth-order valence-corrected chi connectivity index (χ4v) is 2.10. The average Bonchev–Trinajstić information content (AvgIpc) is 2.56. The van der Waals surface area contributed by atoms with Crippen molar-refractivity contribution < 1.29 is 14.6 Å². The van der Waals surface area contributed by atoms with Crippen molar-refractivity contribution in [2.45, 2.75) is 26.4 Å². The molecule has 6 nitrogen and oxygen atoms in total. The van der Waals surface area contributed by atoms with Gasteiger partial charge in [-0.05, 0) is 31.0 Å². The van der Waals surface area contributed by atoms with E-state index in [-0.39, 0.29) is 6.54 Å². The molecule has 122 valence electrons. The van der Waals surface area contributed by atoms with Gasteiger partial charge in [-0.25, -0.2) is 4.98 Å². The van der Waals surface area contributed by atoms with Gasteiger partial charge in [0.1, 0.15) is 11.8 Å². The van der Waals surface area contributed by atoms with Gasteiger partial charge in [0, 0.05) is 18.3 Å². The lowest BCUT2D eigenvalue weighted by molar-refractivity contribution is -0.123. The zero-order valence-corrected chi connectivity index (χ0v) is 13.2. The fraction of sp³-hybridized carbons (Fsp3) is 0.294. The van der Waals surface area contributed by atoms with Crippen LogP contribution in [-0.2, 0) is 11.3 Å². The molecule has 1 unspecified atom stereocenters. The highest BCUT2D eigenvalue weighted by atomic mass is 16.5. The van der Waals surface area contributed by atoms with Crippen molar-refractivity contribution in [2.75, 3.05) is 6.61 Å². The monoisotopic (exact) mass is 315 g/mol. The Bertz CT molecular complexity index is 668. The van der Waals surface area contributed by atoms with E-state index in [2.05, 4.69) is 10.3 Å². The number of hydrogen-bond acceptors (Lipinski definition) is 5. The van der Waals surface area contributed by atoms with Gasteiger partial charge < -0.3 is 20.9 Å². The van der Waals surface area contributed by atoms with Crippen molar-refractivity contribution in [2.24, 2.45) is 5.73 Å². The minimum absolute atomic E-state index is 0.223. The standard InChI is InChI=1S/C17H21N3O3/c1-11-5-3-6-12(2)15(11)23-17-13(7-4-8-19-17)9-20-16(22)14(18)10-21/h3-8,14,21H,9-10,18H2,1-2H3,(H,20,22). The van der Waals surface area contributed by atoms with Crippen molar-refractivity contribution in [3.63, 3.8) is 0 Å². The van der Waals surface area contributed by atoms with Crippen LogP contribution in [0.25, 0.3) is 0 Å². The summed E-state index contributed by atoms with van der Waals surface area (Å²) in [4.78, 5) is 15.9. The number of aliphatic hydroxyl groups excluding tert-OH is 1. The molecule has 1 aromatic heterocycles. The third-order valence-corrected chi connectivity index (χ3v) is 3.44. The molecule has 1 aromatic carbocycles. The average molecular weight is 315 g/mol. The summed E-state index contributed by atoms with van der Waals surface area (Å²) in [5, 5.41) is 11.6. The topological polar surface area (TPSA) is 97.5 Å². The van der Waals surface area contributed by atoms with E-state index in [4.69, 9.17) is 15.6 Å². The van der Waals surface area contributed by atoms with E-state index < -0.39 is 18.6 Å². The lowest BCUT2D eigenvalue weighted by atomic mass is 10.1. The Hall–Kier alpha value is -2.44. The number of amides is 1. The number of hydrogen-bond donors (Lipinski definition) is 3. The quantitative estimate of drug-likeness (QED) is 0.749. The van der Waals surface area contributed by atoms with Gasteiger partial charge in [-0.3, -0.25) is 4.79 Å². The Morgan fingerprint density at radius 2 is 2.00 bits per heavy atom. The Kier molecular flexibility index (Phi) is 5.67. The number of benzene rings is 1. The van der Waals surface area contributed by atoms with Crippen LogP contribution < -0.4 is 15.8 Å². The molecule has 2 rings (SSSR count). The molecule has 0 aliphatic heterocycles. The van der Waals surface area contributed by atoms with E-state index in [0.717, 1.165) is 22.4 Å². The maximum absolute atomic E-state index is 11.7. The summed E-state index contributed by atoms with van der Waals surface area (Å²) in [5.41, 5.74) is 8.22. The van der Waals surface area contributed by atoms with Gasteiger partial charge >= 0.3 is 0 Å². The zero-order valence-electron chi connectivity index (χ0n) is 13.2. The highest BCUT2D eigenvalue weighted by molar-refractivity contribution is 5.81. The zero-order chi connectivity index (χ0) is 16.8. The van der Waals surface area contributed by atoms with Gasteiger partial charge in [0.15, 0.2) is 0 Å². The second kappa shape index (κ2) is 7.71. The number of ether oxygens (including phenoxy) is 1. The molecule has 6 heteroatoms. The number of aliphatic hydroxyl groups is 1. The van der Waals surface area contributed by atoms with Crippen LogP contribution >= 0.6 is 0 Å². The highest BCUT2D eigenvalue weighted by Crippen LogP contribution is 2.29. The van der Waals surface area contributed by atoms with Crippen LogP contribution in [0.2, 0.25) is 0 Å². The number of nitrogens with one attached hydrogen (secondary N) is 1. The van der Waals surface area contributed by atoms with Crippen molar-refractivity contribution in [1.82, 2.24) is 10.3 Å². The molecule has 1 atom stereocenters. The third-order valence-electron chi connectivity index (χ3n) is 3.44. The number of rotatable bonds is 6. The molecule has 2 aromatic rings. The minimum Gasteiger partial charge on any atom is -0.438 e. The summed E-state index contributed by atoms with van der Waals surface area (Å²) in [5.74, 6) is 0.767. The van der Waals surface area contributed by atoms with Gasteiger partial charge in [0.05, 0.1) is 6.61 Å². The Morgan fingerprint density at radius 3 is 2.65 bits per heavy atom. The summed E-state index contributed by atoms with van der Waals surface area (Å²) in [6.07, 6.45) is 1.63. The molecule has 1 heterocycles. The number of nitrogens with two attached hydrogens (primary N) is 1. The molecular formula is C17H21N3O3. The summed E-state index contributed by atoms with van der Waals surface area (Å²) in [6.45, 7) is 3.76. The molecule has 0 saturated heterocycles. The molecule has 0 saturated carbocycles. The van der Waals surface area contributed by atoms with Gasteiger partial charge in [0.25, 0.3) is 0 Å². The van der Waals surface area contributed by atoms with Crippen LogP contribution in [0.4, 0.5) is 0 Å². The molecule has 4 N–H and O–H groups in total. The SMILES string of the molecule is Cc1cccc(C)c1Oc1ncccc1CNC(=O)C(N)CO. The number of pyridine rings is 1. The minimum atomic E-state index is -0.936. The summed E-state index contributed by atoms with van der Waals surface area (Å²) >= 11 is 0. The molecule has 0 radical (unpaired) electrons. The summed E-state index contributed by atoms with van der Waals surface area (Å²) in [6, 6.07) is 8.55. The maximum Gasteiger partial charge on any atom is 0.239 e. The van der Waals surface area contributed by atoms with Gasteiger partial charge in [0.2, 0.25) is 11.8 Å². The number of nitrogens with zero attached hydrogens (tertiary/aromatic N) is 1. The predicted molar refractivity (Wildman–Crippen MR) is 87.1 cm³/mol. The molecule has 23 heavy (non-hydrogen) atoms. The molecule has 0 fully saturated rings. The lowest BCUT2D eigenvalue weighted by Gasteiger charge is -2.15. The largest absolute Gasteiger partial charge is 0.438 e. The normalized spacial score (nSPS) is 11.8. The third kappa shape index (κ3) is 4.28. The van der Waals surface area contributed by atoms with E-state index in [1.807, 2.05) is 38.1 Å². The number of para-hydroxylation sites is 1. The number of aryl methyl sites for hydroxylation is 2. The first-order chi connectivity index (χ1) is 11.0. The van der Waals surface area contributed by atoms with Gasteiger partial charge in [-0.2, -0.15) is 0 Å². The second-order valence-corrected chi connectivity index (χ2v) is 5.30. The first kappa shape index (κ1) is 16.9. The van der Waals surface area contributed by atoms with Crippen LogP contribution in [-0.4, -0.2) is 28.6 Å². The lowest BCUT2D eigenvalue weighted by Crippen LogP contribution is -2.42. The van der Waals surface area contributed by atoms with Crippen molar-refractivity contribution >= 4 is 5.91 Å². The van der Waals surface area contributed by atoms with Crippen LogP contribution in [0.1, 0.15) is 16.7 Å². The van der Waals surface area contributed by atoms with E-state index in [1.165, 1.54) is 0 Å². The van der Waals surface area contributed by atoms with Crippen molar-refractivity contribution in [3.8, 4) is 11.6 Å². The molecule has 0 aliphatic carbocycles. The Morgan fingerprint density at radius 1 is 1.30 bits per heavy atom. The summed E-state index contributed by atoms with van der Waals surface area (Å²) < 4.78 is 5.95. The molecule has 0 spiro atoms. The maximum atomic E-state index is 11.7. The highest BCUT2D eigenvalue weighted by Gasteiger charge is 2.14. The van der Waals surface area contributed by atoms with Crippen molar-refractivity contribution in [1.29, 1.82) is 0 Å². The second-order valence-electron chi connectivity index (χ2n) is 5.30. The van der Waals surface area contributed by atoms with Crippen LogP contribution in [0.3, 0.4) is 0 Å². The Labute approximate surface area is 135 Å². The first-order valence-corrected chi connectivity index (χ1v) is 7.35. The predicted octanol–water partition coefficient (Wildman–Crippen LogP) is 1.43. The van der Waals surface area contributed by atoms with Gasteiger partial charge in [-0.15, -0.1) is 0 Å². The summed E-state index contributed by atoms with van der Waals surface area (Å²) in [7, 11) is 0. The molecule has 1 amide bonds. The number of carbonyl (C=O) groups excluding carboxylic acids is 1. The molecule has 0 aliphatic rings. The van der Waals surface area contributed by atoms with Crippen molar-refractivity contribution in [3.05, 3.63) is 53.2 Å². The number of carbonyl (C=O) groups is 1. The van der Waals surface area contributed by atoms with Crippen LogP contribution in [0.5, 0.6) is 11.6 Å². The van der Waals surface area contributed by atoms with Crippen LogP contribution in [0, 0.1) is 13.8 Å². The first-order valence-electron chi connectivity index (χ1n) is 7.35. The fourth-order valence-electron chi connectivity index (χ4n) is 2.10. The van der Waals surface area contributed by atoms with E-state index in [0.29, 0.717) is 5.88 Å². The smallest absolute Gasteiger partial charge is 0.239 e. The van der Waals surface area contributed by atoms with E-state index in [1.54, 1.807) is 12.3 Å². The van der Waals surface area contributed by atoms with E-state index >= 15 is 0 Å². The van der Waals surface area contributed by atoms with Crippen LogP contribution in [0.15, 0.2) is 36.5 Å². The number of aromatic nitrogens is 1. The van der Waals surface area contributed by atoms with Gasteiger partial charge in [-0.1, -0.05) is 24.3 Å².